The molecule has 0 saturated heterocycles. The molecule has 0 aliphatic carbocycles. The standard InChI is InChI=1S/C21H20N2O4S/c1-27-14-6-8-15(9-7-14)28(25,26)22-13-12-17-16-4-2-3-5-18(16)23-20(24)11-10-19(22)21(17)23/h2-9,19H,10-13H2,1H3. The van der Waals surface area contributed by atoms with Crippen LogP contribution >= 0.6 is 0 Å². The summed E-state index contributed by atoms with van der Waals surface area (Å²) in [6.45, 7) is 0.411. The smallest absolute Gasteiger partial charge is 0.243 e. The molecule has 5 rings (SSSR count). The number of aromatic nitrogens is 1. The van der Waals surface area contributed by atoms with Crippen LogP contribution in [0.25, 0.3) is 10.9 Å². The van der Waals surface area contributed by atoms with E-state index in [9.17, 15) is 13.2 Å². The third-order valence-corrected chi connectivity index (χ3v) is 7.74. The van der Waals surface area contributed by atoms with Crippen LogP contribution in [0.2, 0.25) is 0 Å². The molecule has 6 nitrogen and oxygen atoms in total. The van der Waals surface area contributed by atoms with Gasteiger partial charge in [-0.2, -0.15) is 4.31 Å². The lowest BCUT2D eigenvalue weighted by atomic mass is 9.94. The molecule has 2 aliphatic heterocycles. The summed E-state index contributed by atoms with van der Waals surface area (Å²) in [7, 11) is -2.13. The number of nitrogens with zero attached hydrogens (tertiary/aromatic N) is 2. The van der Waals surface area contributed by atoms with Crippen LogP contribution in [0.15, 0.2) is 53.4 Å². The number of fused-ring (bicyclic) bond motifs is 3. The number of ether oxygens (including phenoxy) is 1. The van der Waals surface area contributed by atoms with Gasteiger partial charge in [0.2, 0.25) is 15.9 Å². The maximum atomic E-state index is 13.4. The molecule has 1 atom stereocenters. The number of benzene rings is 2. The Morgan fingerprint density at radius 1 is 1.04 bits per heavy atom. The van der Waals surface area contributed by atoms with E-state index >= 15 is 0 Å². The predicted molar refractivity (Wildman–Crippen MR) is 105 cm³/mol. The minimum absolute atomic E-state index is 0.0393. The fraction of sp³-hybridized carbons (Fsp3) is 0.286. The topological polar surface area (TPSA) is 68.6 Å². The number of hydrogen-bond donors (Lipinski definition) is 0. The van der Waals surface area contributed by atoms with Gasteiger partial charge in [-0.05, 0) is 48.7 Å². The summed E-state index contributed by atoms with van der Waals surface area (Å²) < 4.78 is 35.2. The van der Waals surface area contributed by atoms with Crippen molar-refractivity contribution in [3.05, 3.63) is 59.8 Å². The van der Waals surface area contributed by atoms with E-state index in [1.165, 1.54) is 0 Å². The van der Waals surface area contributed by atoms with E-state index in [1.54, 1.807) is 40.2 Å². The van der Waals surface area contributed by atoms with Gasteiger partial charge in [0.25, 0.3) is 0 Å². The highest BCUT2D eigenvalue weighted by Crippen LogP contribution is 2.44. The van der Waals surface area contributed by atoms with Gasteiger partial charge >= 0.3 is 0 Å². The Hall–Kier alpha value is -2.64. The fourth-order valence-corrected chi connectivity index (χ4v) is 6.17. The van der Waals surface area contributed by atoms with E-state index in [2.05, 4.69) is 0 Å². The molecule has 7 heteroatoms. The molecule has 0 fully saturated rings. The van der Waals surface area contributed by atoms with Crippen molar-refractivity contribution in [2.45, 2.75) is 30.2 Å². The van der Waals surface area contributed by atoms with Gasteiger partial charge in [-0.25, -0.2) is 8.42 Å². The highest BCUT2D eigenvalue weighted by Gasteiger charge is 2.42. The van der Waals surface area contributed by atoms with Crippen LogP contribution in [0.3, 0.4) is 0 Å². The van der Waals surface area contributed by atoms with Crippen molar-refractivity contribution in [2.24, 2.45) is 0 Å². The summed E-state index contributed by atoms with van der Waals surface area (Å²) in [5, 5.41) is 1.05. The first-order chi connectivity index (χ1) is 13.5. The number of carbonyl (C=O) groups is 1. The van der Waals surface area contributed by atoms with Crippen LogP contribution < -0.4 is 4.74 Å². The molecule has 2 aromatic carbocycles. The zero-order valence-corrected chi connectivity index (χ0v) is 16.3. The first kappa shape index (κ1) is 17.5. The maximum Gasteiger partial charge on any atom is 0.243 e. The van der Waals surface area contributed by atoms with Crippen molar-refractivity contribution in [1.29, 1.82) is 0 Å². The molecule has 3 aromatic rings. The molecule has 0 radical (unpaired) electrons. The van der Waals surface area contributed by atoms with Crippen molar-refractivity contribution >= 4 is 26.8 Å². The first-order valence-electron chi connectivity index (χ1n) is 9.33. The number of carbonyl (C=O) groups excluding carboxylic acids is 1. The Balaban J connectivity index is 1.65. The molecule has 0 spiro atoms. The SMILES string of the molecule is COc1ccc(S(=O)(=O)N2CCc3c4n(c5ccccc35)C(=O)CCC42)cc1. The number of hydrogen-bond acceptors (Lipinski definition) is 4. The lowest BCUT2D eigenvalue weighted by Crippen LogP contribution is -2.43. The second-order valence-corrected chi connectivity index (χ2v) is 9.10. The van der Waals surface area contributed by atoms with Crippen LogP contribution in [0.5, 0.6) is 5.75 Å². The molecule has 144 valence electrons. The Morgan fingerprint density at radius 3 is 2.54 bits per heavy atom. The van der Waals surface area contributed by atoms with Gasteiger partial charge in [0.15, 0.2) is 0 Å². The number of para-hydroxylation sites is 1. The summed E-state index contributed by atoms with van der Waals surface area (Å²) in [5.41, 5.74) is 2.83. The monoisotopic (exact) mass is 396 g/mol. The zero-order chi connectivity index (χ0) is 19.5. The number of methoxy groups -OCH3 is 1. The summed E-state index contributed by atoms with van der Waals surface area (Å²) in [6, 6.07) is 14.0. The molecule has 0 amide bonds. The third-order valence-electron chi connectivity index (χ3n) is 5.81. The van der Waals surface area contributed by atoms with Crippen LogP contribution in [0, 0.1) is 0 Å². The van der Waals surface area contributed by atoms with Gasteiger partial charge in [-0.3, -0.25) is 9.36 Å². The Kier molecular flexibility index (Phi) is 3.86. The average Bonchev–Trinajstić information content (AvgIpc) is 3.07. The maximum absolute atomic E-state index is 13.4. The highest BCUT2D eigenvalue weighted by molar-refractivity contribution is 7.89. The quantitative estimate of drug-likeness (QED) is 0.681. The van der Waals surface area contributed by atoms with E-state index in [0.717, 1.165) is 22.2 Å². The predicted octanol–water partition coefficient (Wildman–Crippen LogP) is 3.37. The first-order valence-corrected chi connectivity index (χ1v) is 10.8. The number of sulfonamides is 1. The van der Waals surface area contributed by atoms with E-state index in [4.69, 9.17) is 4.74 Å². The van der Waals surface area contributed by atoms with Crippen LogP contribution in [0.4, 0.5) is 0 Å². The molecule has 2 aliphatic rings. The van der Waals surface area contributed by atoms with Gasteiger partial charge in [0, 0.05) is 24.0 Å². The Labute approximate surface area is 163 Å². The molecule has 0 saturated carbocycles. The second-order valence-electron chi connectivity index (χ2n) is 7.21. The van der Waals surface area contributed by atoms with E-state index < -0.39 is 10.0 Å². The Bertz CT molecular complexity index is 1200. The van der Waals surface area contributed by atoms with Crippen molar-refractivity contribution in [2.75, 3.05) is 13.7 Å². The van der Waals surface area contributed by atoms with E-state index in [-0.39, 0.29) is 16.8 Å². The molecule has 1 unspecified atom stereocenters. The van der Waals surface area contributed by atoms with Crippen molar-refractivity contribution in [1.82, 2.24) is 8.87 Å². The molecule has 28 heavy (non-hydrogen) atoms. The van der Waals surface area contributed by atoms with Crippen molar-refractivity contribution in [3.8, 4) is 5.75 Å². The van der Waals surface area contributed by atoms with Gasteiger partial charge in [0.1, 0.15) is 5.75 Å². The fourth-order valence-electron chi connectivity index (χ4n) is 4.55. The minimum atomic E-state index is -3.68. The molecule has 0 bridgehead atoms. The molecular weight excluding hydrogens is 376 g/mol. The van der Waals surface area contributed by atoms with Crippen molar-refractivity contribution < 1.29 is 17.9 Å². The normalized spacial score (nSPS) is 19.6. The third kappa shape index (κ3) is 2.36. The summed E-state index contributed by atoms with van der Waals surface area (Å²) in [4.78, 5) is 12.9. The lowest BCUT2D eigenvalue weighted by Gasteiger charge is -2.38. The lowest BCUT2D eigenvalue weighted by molar-refractivity contribution is 0.0855. The molecule has 1 aromatic heterocycles. The van der Waals surface area contributed by atoms with E-state index in [0.29, 0.717) is 31.6 Å². The van der Waals surface area contributed by atoms with Crippen LogP contribution in [-0.4, -0.2) is 36.9 Å². The van der Waals surface area contributed by atoms with Crippen LogP contribution in [0.1, 0.15) is 34.9 Å². The van der Waals surface area contributed by atoms with Gasteiger partial charge in [0.05, 0.1) is 23.6 Å². The van der Waals surface area contributed by atoms with E-state index in [1.807, 2.05) is 24.3 Å². The molecule has 3 heterocycles. The number of rotatable bonds is 3. The highest BCUT2D eigenvalue weighted by atomic mass is 32.2. The van der Waals surface area contributed by atoms with Gasteiger partial charge < -0.3 is 4.74 Å². The summed E-state index contributed by atoms with van der Waals surface area (Å²) in [6.07, 6.45) is 1.45. The van der Waals surface area contributed by atoms with Gasteiger partial charge in [-0.1, -0.05) is 18.2 Å². The summed E-state index contributed by atoms with van der Waals surface area (Å²) >= 11 is 0. The zero-order valence-electron chi connectivity index (χ0n) is 15.5. The van der Waals surface area contributed by atoms with Crippen molar-refractivity contribution in [3.63, 3.8) is 0 Å². The largest absolute Gasteiger partial charge is 0.497 e. The second kappa shape index (κ2) is 6.18. The van der Waals surface area contributed by atoms with Crippen LogP contribution in [-0.2, 0) is 16.4 Å². The average molecular weight is 396 g/mol. The Morgan fingerprint density at radius 2 is 1.79 bits per heavy atom. The summed E-state index contributed by atoms with van der Waals surface area (Å²) in [5.74, 6) is 0.653. The molecular formula is C21H20N2O4S. The molecule has 0 N–H and O–H groups in total. The van der Waals surface area contributed by atoms with Gasteiger partial charge in [-0.15, -0.1) is 0 Å². The minimum Gasteiger partial charge on any atom is -0.497 e.